The fourth-order valence-corrected chi connectivity index (χ4v) is 5.09. The second-order valence-corrected chi connectivity index (χ2v) is 8.75. The molecule has 32 heavy (non-hydrogen) atoms. The number of nitrogens with zero attached hydrogens (tertiary/aromatic N) is 2. The number of rotatable bonds is 6. The first-order chi connectivity index (χ1) is 15.6. The van der Waals surface area contributed by atoms with Crippen molar-refractivity contribution in [2.45, 2.75) is 38.0 Å². The Bertz CT molecular complexity index is 946. The molecule has 1 N–H and O–H groups in total. The van der Waals surface area contributed by atoms with Crippen LogP contribution in [0.5, 0.6) is 0 Å². The summed E-state index contributed by atoms with van der Waals surface area (Å²) in [6.45, 7) is 6.96. The molecule has 1 aliphatic heterocycles. The normalized spacial score (nSPS) is 18.4. The van der Waals surface area contributed by atoms with Gasteiger partial charge < -0.3 is 19.9 Å². The molecule has 2 aliphatic rings. The number of nitrogens with one attached hydrogen (secondary N) is 1. The molecule has 6 nitrogen and oxygen atoms in total. The lowest BCUT2D eigenvalue weighted by Gasteiger charge is -2.37. The predicted molar refractivity (Wildman–Crippen MR) is 127 cm³/mol. The molecule has 170 valence electrons. The summed E-state index contributed by atoms with van der Waals surface area (Å²) in [5, 5.41) is 3.23. The molecule has 6 heteroatoms. The van der Waals surface area contributed by atoms with Crippen LogP contribution in [0.15, 0.2) is 48.5 Å². The Kier molecular flexibility index (Phi) is 6.80. The number of amides is 1. The molecule has 1 amide bonds. The number of carbonyl (C=O) groups is 2. The summed E-state index contributed by atoms with van der Waals surface area (Å²) < 4.78 is 4.93. The highest BCUT2D eigenvalue weighted by Crippen LogP contribution is 2.42. The zero-order valence-electron chi connectivity index (χ0n) is 19.1. The Balaban J connectivity index is 1.66. The van der Waals surface area contributed by atoms with Crippen molar-refractivity contribution in [1.29, 1.82) is 0 Å². The van der Waals surface area contributed by atoms with Gasteiger partial charge in [-0.05, 0) is 43.1 Å². The fourth-order valence-electron chi connectivity index (χ4n) is 5.09. The van der Waals surface area contributed by atoms with Gasteiger partial charge in [-0.15, -0.1) is 0 Å². The molecular weight excluding hydrogens is 402 g/mol. The van der Waals surface area contributed by atoms with E-state index < -0.39 is 11.4 Å². The summed E-state index contributed by atoms with van der Waals surface area (Å²) in [4.78, 5) is 30.7. The predicted octanol–water partition coefficient (Wildman–Crippen LogP) is 4.07. The van der Waals surface area contributed by atoms with E-state index in [4.69, 9.17) is 4.74 Å². The summed E-state index contributed by atoms with van der Waals surface area (Å²) in [5.41, 5.74) is 2.63. The van der Waals surface area contributed by atoms with Gasteiger partial charge in [0.2, 0.25) is 5.91 Å². The zero-order chi connectivity index (χ0) is 22.6. The van der Waals surface area contributed by atoms with Crippen molar-refractivity contribution in [1.82, 2.24) is 4.90 Å². The second-order valence-electron chi connectivity index (χ2n) is 8.75. The van der Waals surface area contributed by atoms with E-state index in [0.717, 1.165) is 69.7 Å². The van der Waals surface area contributed by atoms with Crippen molar-refractivity contribution in [3.63, 3.8) is 0 Å². The van der Waals surface area contributed by atoms with Gasteiger partial charge in [0.05, 0.1) is 29.5 Å². The van der Waals surface area contributed by atoms with Crippen LogP contribution in [0.1, 0.15) is 48.5 Å². The fraction of sp³-hybridized carbons (Fsp3) is 0.462. The van der Waals surface area contributed by atoms with E-state index in [0.29, 0.717) is 11.3 Å². The minimum absolute atomic E-state index is 0.0108. The van der Waals surface area contributed by atoms with Crippen LogP contribution >= 0.6 is 0 Å². The van der Waals surface area contributed by atoms with Crippen LogP contribution in [-0.2, 0) is 14.9 Å². The smallest absolute Gasteiger partial charge is 0.337 e. The largest absolute Gasteiger partial charge is 0.465 e. The van der Waals surface area contributed by atoms with Crippen LogP contribution in [0.25, 0.3) is 0 Å². The Morgan fingerprint density at radius 2 is 1.69 bits per heavy atom. The molecule has 0 aromatic heterocycles. The van der Waals surface area contributed by atoms with E-state index in [1.165, 1.54) is 7.11 Å². The zero-order valence-corrected chi connectivity index (χ0v) is 19.1. The van der Waals surface area contributed by atoms with Gasteiger partial charge in [0.15, 0.2) is 0 Å². The molecule has 2 aromatic rings. The number of piperazine rings is 1. The quantitative estimate of drug-likeness (QED) is 0.693. The monoisotopic (exact) mass is 435 g/mol. The van der Waals surface area contributed by atoms with Crippen LogP contribution in [-0.4, -0.2) is 56.6 Å². The van der Waals surface area contributed by atoms with Crippen molar-refractivity contribution in [3.8, 4) is 0 Å². The minimum Gasteiger partial charge on any atom is -0.465 e. The minimum atomic E-state index is -0.527. The summed E-state index contributed by atoms with van der Waals surface area (Å²) >= 11 is 0. The van der Waals surface area contributed by atoms with Crippen LogP contribution in [0.3, 0.4) is 0 Å². The Labute approximate surface area is 190 Å². The SMILES string of the molecule is CCN1CCN(c2ccc(C(=O)OC)cc2NC(=O)C2(c3ccccc3)CCCC2)CC1. The first-order valence-electron chi connectivity index (χ1n) is 11.6. The van der Waals surface area contributed by atoms with Crippen molar-refractivity contribution in [2.75, 3.05) is 50.1 Å². The molecule has 0 bridgehead atoms. The molecule has 1 aliphatic carbocycles. The molecule has 0 spiro atoms. The topological polar surface area (TPSA) is 61.9 Å². The van der Waals surface area contributed by atoms with E-state index in [1.54, 1.807) is 12.1 Å². The Morgan fingerprint density at radius 3 is 2.31 bits per heavy atom. The Hall–Kier alpha value is -2.86. The second kappa shape index (κ2) is 9.74. The van der Waals surface area contributed by atoms with E-state index in [9.17, 15) is 9.59 Å². The highest BCUT2D eigenvalue weighted by atomic mass is 16.5. The van der Waals surface area contributed by atoms with Crippen molar-refractivity contribution < 1.29 is 14.3 Å². The maximum atomic E-state index is 13.8. The van der Waals surface area contributed by atoms with Gasteiger partial charge >= 0.3 is 5.97 Å². The molecule has 1 saturated heterocycles. The van der Waals surface area contributed by atoms with E-state index >= 15 is 0 Å². The van der Waals surface area contributed by atoms with Crippen molar-refractivity contribution >= 4 is 23.3 Å². The number of benzene rings is 2. The van der Waals surface area contributed by atoms with Crippen LogP contribution in [0.2, 0.25) is 0 Å². The number of hydrogen-bond acceptors (Lipinski definition) is 5. The standard InChI is InChI=1S/C26H33N3O3/c1-3-28-15-17-29(18-16-28)23-12-11-20(24(30)32-2)19-22(23)27-25(31)26(13-7-8-14-26)21-9-5-4-6-10-21/h4-6,9-12,19H,3,7-8,13-18H2,1-2H3,(H,27,31). The van der Waals surface area contributed by atoms with Crippen LogP contribution < -0.4 is 10.2 Å². The molecule has 0 atom stereocenters. The molecule has 1 saturated carbocycles. The molecule has 4 rings (SSSR count). The van der Waals surface area contributed by atoms with Crippen molar-refractivity contribution in [3.05, 3.63) is 59.7 Å². The van der Waals surface area contributed by atoms with Gasteiger partial charge in [0.25, 0.3) is 0 Å². The molecule has 2 fully saturated rings. The van der Waals surface area contributed by atoms with Gasteiger partial charge in [-0.25, -0.2) is 4.79 Å². The number of hydrogen-bond donors (Lipinski definition) is 1. The number of methoxy groups -OCH3 is 1. The highest BCUT2D eigenvalue weighted by molar-refractivity contribution is 6.03. The van der Waals surface area contributed by atoms with Gasteiger partial charge in [-0.2, -0.15) is 0 Å². The molecule has 1 heterocycles. The first kappa shape index (κ1) is 22.3. The molecule has 0 unspecified atom stereocenters. The average molecular weight is 436 g/mol. The van der Waals surface area contributed by atoms with Gasteiger partial charge in [-0.3, -0.25) is 4.79 Å². The van der Waals surface area contributed by atoms with Gasteiger partial charge in [0.1, 0.15) is 0 Å². The number of anilines is 2. The lowest BCUT2D eigenvalue weighted by atomic mass is 9.78. The summed E-state index contributed by atoms with van der Waals surface area (Å²) in [7, 11) is 1.38. The number of ether oxygens (including phenoxy) is 1. The summed E-state index contributed by atoms with van der Waals surface area (Å²) in [6, 6.07) is 15.6. The maximum absolute atomic E-state index is 13.8. The molecule has 2 aromatic carbocycles. The van der Waals surface area contributed by atoms with Gasteiger partial charge in [0, 0.05) is 26.2 Å². The van der Waals surface area contributed by atoms with Crippen LogP contribution in [0, 0.1) is 0 Å². The number of esters is 1. The third kappa shape index (κ3) is 4.37. The van der Waals surface area contributed by atoms with Gasteiger partial charge in [-0.1, -0.05) is 50.1 Å². The molecular formula is C26H33N3O3. The van der Waals surface area contributed by atoms with Crippen LogP contribution in [0.4, 0.5) is 11.4 Å². The number of carbonyl (C=O) groups excluding carboxylic acids is 2. The summed E-state index contributed by atoms with van der Waals surface area (Å²) in [6.07, 6.45) is 3.75. The lowest BCUT2D eigenvalue weighted by molar-refractivity contribution is -0.121. The Morgan fingerprint density at radius 1 is 1.00 bits per heavy atom. The van der Waals surface area contributed by atoms with E-state index in [1.807, 2.05) is 24.3 Å². The molecule has 0 radical (unpaired) electrons. The van der Waals surface area contributed by atoms with E-state index in [2.05, 4.69) is 34.2 Å². The third-order valence-corrected chi connectivity index (χ3v) is 7.04. The maximum Gasteiger partial charge on any atom is 0.337 e. The van der Waals surface area contributed by atoms with E-state index in [-0.39, 0.29) is 5.91 Å². The highest BCUT2D eigenvalue weighted by Gasteiger charge is 2.43. The summed E-state index contributed by atoms with van der Waals surface area (Å²) in [5.74, 6) is -0.391. The third-order valence-electron chi connectivity index (χ3n) is 7.04. The average Bonchev–Trinajstić information content (AvgIpc) is 3.35. The van der Waals surface area contributed by atoms with Crippen molar-refractivity contribution in [2.24, 2.45) is 0 Å². The first-order valence-corrected chi connectivity index (χ1v) is 11.6. The number of likely N-dealkylation sites (N-methyl/N-ethyl adjacent to an activating group) is 1. The lowest BCUT2D eigenvalue weighted by Crippen LogP contribution is -2.46.